The van der Waals surface area contributed by atoms with Gasteiger partial charge in [-0.15, -0.1) is 0 Å². The molecule has 3 nitrogen and oxygen atoms in total. The molecule has 134 valence electrons. The maximum Gasteiger partial charge on any atom is 0.416 e. The highest BCUT2D eigenvalue weighted by molar-refractivity contribution is 5.91. The van der Waals surface area contributed by atoms with Gasteiger partial charge in [0.15, 0.2) is 0 Å². The Balaban J connectivity index is 2.63. The van der Waals surface area contributed by atoms with Crippen molar-refractivity contribution in [3.63, 3.8) is 0 Å². The molecule has 25 heavy (non-hydrogen) atoms. The van der Waals surface area contributed by atoms with Gasteiger partial charge in [-0.1, -0.05) is 13.8 Å². The third-order valence-corrected chi connectivity index (χ3v) is 3.67. The Morgan fingerprint density at radius 2 is 1.76 bits per heavy atom. The minimum absolute atomic E-state index is 0.0766. The number of hydrogen-bond acceptors (Lipinski definition) is 2. The summed E-state index contributed by atoms with van der Waals surface area (Å²) >= 11 is 0. The molecule has 0 spiro atoms. The Hall–Kier alpha value is -2.57. The smallest absolute Gasteiger partial charge is 0.416 e. The summed E-state index contributed by atoms with van der Waals surface area (Å²) in [6.07, 6.45) is -4.69. The molecule has 0 aromatic heterocycles. The summed E-state index contributed by atoms with van der Waals surface area (Å²) in [6, 6.07) is 5.26. The molecule has 0 bridgehead atoms. The molecule has 2 aromatic carbocycles. The zero-order valence-electron chi connectivity index (χ0n) is 13.7. The van der Waals surface area contributed by atoms with Gasteiger partial charge in [0, 0.05) is 0 Å². The van der Waals surface area contributed by atoms with Crippen molar-refractivity contribution in [2.75, 3.05) is 0 Å². The SMILES string of the molecule is Cc1cc(F)ccc1Oc1cc(C(C)C)c(C(F)(F)F)cc1C(=O)O. The predicted octanol–water partition coefficient (Wildman–Crippen LogP) is 5.77. The molecule has 0 aliphatic carbocycles. The number of rotatable bonds is 4. The van der Waals surface area contributed by atoms with E-state index in [1.807, 2.05) is 0 Å². The summed E-state index contributed by atoms with van der Waals surface area (Å²) in [5.74, 6) is -2.61. The third-order valence-electron chi connectivity index (χ3n) is 3.67. The highest BCUT2D eigenvalue weighted by Gasteiger charge is 2.36. The molecular formula is C18H16F4O3. The molecule has 0 heterocycles. The van der Waals surface area contributed by atoms with Gasteiger partial charge in [0.1, 0.15) is 22.9 Å². The number of hydrogen-bond donors (Lipinski definition) is 1. The van der Waals surface area contributed by atoms with E-state index < -0.39 is 35.0 Å². The number of carbonyl (C=O) groups is 1. The van der Waals surface area contributed by atoms with Crippen LogP contribution in [0.15, 0.2) is 30.3 Å². The summed E-state index contributed by atoms with van der Waals surface area (Å²) in [5.41, 5.74) is -1.31. The van der Waals surface area contributed by atoms with Gasteiger partial charge in [-0.3, -0.25) is 0 Å². The van der Waals surface area contributed by atoms with Gasteiger partial charge in [0.25, 0.3) is 0 Å². The van der Waals surface area contributed by atoms with Crippen LogP contribution in [0.1, 0.15) is 46.8 Å². The van der Waals surface area contributed by atoms with Gasteiger partial charge in [-0.25, -0.2) is 9.18 Å². The molecule has 2 aromatic rings. The zero-order chi connectivity index (χ0) is 18.9. The van der Waals surface area contributed by atoms with Gasteiger partial charge >= 0.3 is 12.1 Å². The summed E-state index contributed by atoms with van der Waals surface area (Å²) in [6.45, 7) is 4.68. The van der Waals surface area contributed by atoms with Crippen molar-refractivity contribution in [3.05, 3.63) is 58.4 Å². The first kappa shape index (κ1) is 18.8. The van der Waals surface area contributed by atoms with Crippen LogP contribution in [0, 0.1) is 12.7 Å². The fourth-order valence-electron chi connectivity index (χ4n) is 2.42. The van der Waals surface area contributed by atoms with Crippen LogP contribution in [0.25, 0.3) is 0 Å². The summed E-state index contributed by atoms with van der Waals surface area (Å²) in [7, 11) is 0. The Labute approximate surface area is 141 Å². The van der Waals surface area contributed by atoms with E-state index in [0.29, 0.717) is 11.6 Å². The number of benzene rings is 2. The molecule has 0 atom stereocenters. The number of carboxylic acid groups (broad SMARTS) is 1. The van der Waals surface area contributed by atoms with E-state index in [2.05, 4.69) is 0 Å². The van der Waals surface area contributed by atoms with Crippen LogP contribution in [-0.2, 0) is 6.18 Å². The molecular weight excluding hydrogens is 340 g/mol. The lowest BCUT2D eigenvalue weighted by molar-refractivity contribution is -0.138. The molecule has 0 radical (unpaired) electrons. The van der Waals surface area contributed by atoms with E-state index in [9.17, 15) is 27.5 Å². The van der Waals surface area contributed by atoms with Gasteiger partial charge in [-0.05, 0) is 54.3 Å². The largest absolute Gasteiger partial charge is 0.478 e. The van der Waals surface area contributed by atoms with E-state index >= 15 is 0 Å². The van der Waals surface area contributed by atoms with Crippen LogP contribution in [-0.4, -0.2) is 11.1 Å². The number of aryl methyl sites for hydroxylation is 1. The first-order valence-electron chi connectivity index (χ1n) is 7.43. The van der Waals surface area contributed by atoms with Gasteiger partial charge in [0.05, 0.1) is 5.56 Å². The molecule has 0 saturated carbocycles. The second-order valence-electron chi connectivity index (χ2n) is 5.91. The maximum absolute atomic E-state index is 13.2. The lowest BCUT2D eigenvalue weighted by atomic mass is 9.94. The van der Waals surface area contributed by atoms with Crippen LogP contribution in [0.2, 0.25) is 0 Å². The molecule has 1 N–H and O–H groups in total. The molecule has 7 heteroatoms. The first-order chi connectivity index (χ1) is 11.5. The van der Waals surface area contributed by atoms with Crippen LogP contribution in [0.4, 0.5) is 17.6 Å². The van der Waals surface area contributed by atoms with Crippen molar-refractivity contribution < 1.29 is 32.2 Å². The topological polar surface area (TPSA) is 46.5 Å². The maximum atomic E-state index is 13.2. The molecule has 2 rings (SSSR count). The standard InChI is InChI=1S/C18H16F4O3/c1-9(2)12-8-16(25-15-5-4-11(19)6-10(15)3)13(17(23)24)7-14(12)18(20,21)22/h4-9H,1-3H3,(H,23,24). The fourth-order valence-corrected chi connectivity index (χ4v) is 2.42. The van der Waals surface area contributed by atoms with Crippen LogP contribution < -0.4 is 4.74 Å². The normalized spacial score (nSPS) is 11.7. The summed E-state index contributed by atoms with van der Waals surface area (Å²) < 4.78 is 58.4. The van der Waals surface area contributed by atoms with Crippen LogP contribution >= 0.6 is 0 Å². The zero-order valence-corrected chi connectivity index (χ0v) is 13.7. The average Bonchev–Trinajstić information content (AvgIpc) is 2.48. The second-order valence-corrected chi connectivity index (χ2v) is 5.91. The number of alkyl halides is 3. The van der Waals surface area contributed by atoms with Crippen molar-refractivity contribution >= 4 is 5.97 Å². The number of ether oxygens (including phenoxy) is 1. The van der Waals surface area contributed by atoms with E-state index in [1.165, 1.54) is 12.1 Å². The Kier molecular flexibility index (Phi) is 5.06. The lowest BCUT2D eigenvalue weighted by Crippen LogP contribution is -2.13. The lowest BCUT2D eigenvalue weighted by Gasteiger charge is -2.19. The molecule has 0 aliphatic rings. The van der Waals surface area contributed by atoms with Crippen molar-refractivity contribution in [2.24, 2.45) is 0 Å². The second kappa shape index (κ2) is 6.74. The Morgan fingerprint density at radius 3 is 2.24 bits per heavy atom. The van der Waals surface area contributed by atoms with Crippen molar-refractivity contribution in [2.45, 2.75) is 32.9 Å². The molecule has 0 saturated heterocycles. The minimum Gasteiger partial charge on any atom is -0.478 e. The van der Waals surface area contributed by atoms with E-state index in [4.69, 9.17) is 4.74 Å². The minimum atomic E-state index is -4.69. The van der Waals surface area contributed by atoms with Crippen molar-refractivity contribution in [1.29, 1.82) is 0 Å². The fraction of sp³-hybridized carbons (Fsp3) is 0.278. The highest BCUT2D eigenvalue weighted by Crippen LogP contribution is 2.40. The quantitative estimate of drug-likeness (QED) is 0.708. The Bertz CT molecular complexity index is 811. The molecule has 0 aliphatic heterocycles. The van der Waals surface area contributed by atoms with Crippen molar-refractivity contribution in [3.8, 4) is 11.5 Å². The predicted molar refractivity (Wildman–Crippen MR) is 83.7 cm³/mol. The first-order valence-corrected chi connectivity index (χ1v) is 7.43. The van der Waals surface area contributed by atoms with Gasteiger partial charge in [0.2, 0.25) is 0 Å². The van der Waals surface area contributed by atoms with E-state index in [0.717, 1.165) is 12.1 Å². The average molecular weight is 356 g/mol. The van der Waals surface area contributed by atoms with Crippen LogP contribution in [0.5, 0.6) is 11.5 Å². The van der Waals surface area contributed by atoms with Gasteiger partial charge in [-0.2, -0.15) is 13.2 Å². The van der Waals surface area contributed by atoms with Crippen molar-refractivity contribution in [1.82, 2.24) is 0 Å². The molecule has 0 unspecified atom stereocenters. The Morgan fingerprint density at radius 1 is 1.12 bits per heavy atom. The molecule has 0 fully saturated rings. The highest BCUT2D eigenvalue weighted by atomic mass is 19.4. The third kappa shape index (κ3) is 4.10. The van der Waals surface area contributed by atoms with Gasteiger partial charge < -0.3 is 9.84 Å². The monoisotopic (exact) mass is 356 g/mol. The summed E-state index contributed by atoms with van der Waals surface area (Å²) in [4.78, 5) is 11.4. The van der Waals surface area contributed by atoms with E-state index in [-0.39, 0.29) is 17.1 Å². The van der Waals surface area contributed by atoms with E-state index in [1.54, 1.807) is 20.8 Å². The number of halogens is 4. The number of aromatic carboxylic acids is 1. The summed E-state index contributed by atoms with van der Waals surface area (Å²) in [5, 5.41) is 9.27. The molecule has 0 amide bonds. The number of carboxylic acids is 1. The van der Waals surface area contributed by atoms with Crippen LogP contribution in [0.3, 0.4) is 0 Å².